The first-order chi connectivity index (χ1) is 6.63. The van der Waals surface area contributed by atoms with Gasteiger partial charge in [-0.1, -0.05) is 6.92 Å². The highest BCUT2D eigenvalue weighted by atomic mass is 16.5. The summed E-state index contributed by atoms with van der Waals surface area (Å²) in [6, 6.07) is 0. The molecule has 82 valence electrons. The smallest absolute Gasteiger partial charge is 0.309 e. The van der Waals surface area contributed by atoms with Gasteiger partial charge in [-0.3, -0.25) is 9.69 Å². The van der Waals surface area contributed by atoms with Crippen molar-refractivity contribution in [2.24, 2.45) is 5.92 Å². The van der Waals surface area contributed by atoms with Gasteiger partial charge >= 0.3 is 5.97 Å². The van der Waals surface area contributed by atoms with E-state index in [0.717, 1.165) is 19.4 Å². The Morgan fingerprint density at radius 3 is 3.00 bits per heavy atom. The molecule has 1 fully saturated rings. The minimum Gasteiger partial charge on any atom is -0.469 e. The zero-order valence-electron chi connectivity index (χ0n) is 8.90. The first kappa shape index (κ1) is 11.5. The molecule has 1 heterocycles. The maximum Gasteiger partial charge on any atom is 0.309 e. The maximum absolute atomic E-state index is 11.2. The summed E-state index contributed by atoms with van der Waals surface area (Å²) in [6.07, 6.45) is 1.66. The number of ether oxygens (including phenoxy) is 1. The number of methoxy groups -OCH3 is 1. The first-order valence-corrected chi connectivity index (χ1v) is 5.11. The highest BCUT2D eigenvalue weighted by Crippen LogP contribution is 2.12. The molecule has 1 N–H and O–H groups in total. The van der Waals surface area contributed by atoms with Crippen molar-refractivity contribution in [1.29, 1.82) is 0 Å². The Hall–Kier alpha value is -0.610. The van der Waals surface area contributed by atoms with Gasteiger partial charge < -0.3 is 9.84 Å². The lowest BCUT2D eigenvalue weighted by atomic mass is 10.1. The van der Waals surface area contributed by atoms with E-state index in [1.165, 1.54) is 7.11 Å². The van der Waals surface area contributed by atoms with Gasteiger partial charge in [0.25, 0.3) is 0 Å². The van der Waals surface area contributed by atoms with Gasteiger partial charge in [0.05, 0.1) is 19.1 Å². The Bertz CT molecular complexity index is 196. The molecule has 0 spiro atoms. The average Bonchev–Trinajstić information content (AvgIpc) is 2.16. The quantitative estimate of drug-likeness (QED) is 0.665. The van der Waals surface area contributed by atoms with E-state index in [4.69, 9.17) is 0 Å². The van der Waals surface area contributed by atoms with Gasteiger partial charge in [0.2, 0.25) is 0 Å². The number of aliphatic hydroxyl groups excluding tert-OH is 1. The molecule has 2 unspecified atom stereocenters. The van der Waals surface area contributed by atoms with Crippen LogP contribution in [0.15, 0.2) is 0 Å². The molecule has 0 aromatic rings. The Labute approximate surface area is 84.8 Å². The van der Waals surface area contributed by atoms with Crippen molar-refractivity contribution in [3.63, 3.8) is 0 Å². The second-order valence-electron chi connectivity index (χ2n) is 3.98. The summed E-state index contributed by atoms with van der Waals surface area (Å²) in [7, 11) is 1.41. The molecule has 4 nitrogen and oxygen atoms in total. The predicted molar refractivity (Wildman–Crippen MR) is 52.9 cm³/mol. The van der Waals surface area contributed by atoms with Crippen LogP contribution in [0.25, 0.3) is 0 Å². The molecule has 0 aromatic heterocycles. The van der Waals surface area contributed by atoms with Gasteiger partial charge in [0, 0.05) is 13.1 Å². The molecular weight excluding hydrogens is 182 g/mol. The molecule has 1 rings (SSSR count). The summed E-state index contributed by atoms with van der Waals surface area (Å²) >= 11 is 0. The van der Waals surface area contributed by atoms with Crippen LogP contribution in [0.1, 0.15) is 19.8 Å². The summed E-state index contributed by atoms with van der Waals surface area (Å²) in [5, 5.41) is 9.43. The van der Waals surface area contributed by atoms with Gasteiger partial charge in [-0.15, -0.1) is 0 Å². The highest BCUT2D eigenvalue weighted by molar-refractivity contribution is 5.72. The van der Waals surface area contributed by atoms with Gasteiger partial charge in [0.15, 0.2) is 0 Å². The number of β-amino-alcohol motifs (C(OH)–C–C–N with tert-alkyl or cyclic N) is 1. The van der Waals surface area contributed by atoms with Crippen LogP contribution in [0.3, 0.4) is 0 Å². The Morgan fingerprint density at radius 2 is 2.43 bits per heavy atom. The largest absolute Gasteiger partial charge is 0.469 e. The monoisotopic (exact) mass is 201 g/mol. The Morgan fingerprint density at radius 1 is 1.71 bits per heavy atom. The highest BCUT2D eigenvalue weighted by Gasteiger charge is 2.22. The zero-order chi connectivity index (χ0) is 10.6. The number of esters is 1. The van der Waals surface area contributed by atoms with Gasteiger partial charge in [-0.05, 0) is 19.4 Å². The second kappa shape index (κ2) is 5.32. The van der Waals surface area contributed by atoms with E-state index in [0.29, 0.717) is 13.1 Å². The van der Waals surface area contributed by atoms with Crippen LogP contribution in [-0.4, -0.2) is 48.8 Å². The SMILES string of the molecule is COC(=O)C(C)CN1CCCC(O)C1. The summed E-state index contributed by atoms with van der Waals surface area (Å²) < 4.78 is 4.65. The first-order valence-electron chi connectivity index (χ1n) is 5.11. The number of carbonyl (C=O) groups is 1. The number of carbonyl (C=O) groups excluding carboxylic acids is 1. The number of rotatable bonds is 3. The fourth-order valence-electron chi connectivity index (χ4n) is 1.86. The fraction of sp³-hybridized carbons (Fsp3) is 0.900. The molecule has 4 heteroatoms. The van der Waals surface area contributed by atoms with Crippen molar-refractivity contribution in [3.8, 4) is 0 Å². The lowest BCUT2D eigenvalue weighted by molar-refractivity contribution is -0.145. The normalized spacial score (nSPS) is 25.8. The van der Waals surface area contributed by atoms with Crippen LogP contribution >= 0.6 is 0 Å². The summed E-state index contributed by atoms with van der Waals surface area (Å²) in [5.74, 6) is -0.282. The van der Waals surface area contributed by atoms with E-state index in [9.17, 15) is 9.90 Å². The second-order valence-corrected chi connectivity index (χ2v) is 3.98. The standard InChI is InChI=1S/C10H19NO3/c1-8(10(13)14-2)6-11-5-3-4-9(12)7-11/h8-9,12H,3-7H2,1-2H3. The van der Waals surface area contributed by atoms with Crippen molar-refractivity contribution in [2.45, 2.75) is 25.9 Å². The number of piperidine rings is 1. The molecule has 1 aliphatic rings. The topological polar surface area (TPSA) is 49.8 Å². The van der Waals surface area contributed by atoms with Crippen molar-refractivity contribution >= 4 is 5.97 Å². The molecule has 0 aliphatic carbocycles. The van der Waals surface area contributed by atoms with Crippen molar-refractivity contribution in [1.82, 2.24) is 4.90 Å². The number of likely N-dealkylation sites (tertiary alicyclic amines) is 1. The predicted octanol–water partition coefficient (Wildman–Crippen LogP) is 0.252. The summed E-state index contributed by atoms with van der Waals surface area (Å²) in [4.78, 5) is 13.3. The van der Waals surface area contributed by atoms with Crippen LogP contribution in [0.5, 0.6) is 0 Å². The third-order valence-electron chi connectivity index (χ3n) is 2.62. The number of hydrogen-bond acceptors (Lipinski definition) is 4. The summed E-state index contributed by atoms with van der Waals surface area (Å²) in [6.45, 7) is 4.19. The van der Waals surface area contributed by atoms with Crippen LogP contribution in [-0.2, 0) is 9.53 Å². The van der Waals surface area contributed by atoms with Crippen molar-refractivity contribution in [3.05, 3.63) is 0 Å². The fourth-order valence-corrected chi connectivity index (χ4v) is 1.86. The van der Waals surface area contributed by atoms with E-state index >= 15 is 0 Å². The lowest BCUT2D eigenvalue weighted by Gasteiger charge is -2.31. The van der Waals surface area contributed by atoms with Gasteiger partial charge in [0.1, 0.15) is 0 Å². The van der Waals surface area contributed by atoms with E-state index < -0.39 is 0 Å². The van der Waals surface area contributed by atoms with E-state index in [1.807, 2.05) is 6.92 Å². The maximum atomic E-state index is 11.2. The lowest BCUT2D eigenvalue weighted by Crippen LogP contribution is -2.41. The molecule has 14 heavy (non-hydrogen) atoms. The van der Waals surface area contributed by atoms with Gasteiger partial charge in [-0.2, -0.15) is 0 Å². The molecule has 0 radical (unpaired) electrons. The van der Waals surface area contributed by atoms with Crippen molar-refractivity contribution < 1.29 is 14.6 Å². The number of nitrogens with zero attached hydrogens (tertiary/aromatic N) is 1. The zero-order valence-corrected chi connectivity index (χ0v) is 8.90. The third kappa shape index (κ3) is 3.27. The Kier molecular flexibility index (Phi) is 4.35. The average molecular weight is 201 g/mol. The minimum absolute atomic E-state index is 0.106. The molecular formula is C10H19NO3. The van der Waals surface area contributed by atoms with Crippen LogP contribution in [0.4, 0.5) is 0 Å². The van der Waals surface area contributed by atoms with E-state index in [-0.39, 0.29) is 18.0 Å². The number of hydrogen-bond donors (Lipinski definition) is 1. The molecule has 1 aliphatic heterocycles. The third-order valence-corrected chi connectivity index (χ3v) is 2.62. The molecule has 0 amide bonds. The van der Waals surface area contributed by atoms with Crippen LogP contribution in [0.2, 0.25) is 0 Å². The van der Waals surface area contributed by atoms with Gasteiger partial charge in [-0.25, -0.2) is 0 Å². The number of aliphatic hydroxyl groups is 1. The van der Waals surface area contributed by atoms with Crippen molar-refractivity contribution in [2.75, 3.05) is 26.7 Å². The molecule has 0 bridgehead atoms. The van der Waals surface area contributed by atoms with Crippen LogP contribution < -0.4 is 0 Å². The Balaban J connectivity index is 2.32. The molecule has 2 atom stereocenters. The molecule has 1 saturated heterocycles. The molecule has 0 saturated carbocycles. The summed E-state index contributed by atoms with van der Waals surface area (Å²) in [5.41, 5.74) is 0. The van der Waals surface area contributed by atoms with E-state index in [1.54, 1.807) is 0 Å². The molecule has 0 aromatic carbocycles. The van der Waals surface area contributed by atoms with E-state index in [2.05, 4.69) is 9.64 Å². The van der Waals surface area contributed by atoms with Crippen LogP contribution in [0, 0.1) is 5.92 Å². The minimum atomic E-state index is -0.228.